The van der Waals surface area contributed by atoms with E-state index in [1.807, 2.05) is 24.4 Å². The Morgan fingerprint density at radius 1 is 0.696 bits per heavy atom. The Morgan fingerprint density at radius 3 is 2.39 bits per heavy atom. The lowest BCUT2D eigenvalue weighted by Gasteiger charge is -2.10. The fraction of sp³-hybridized carbons (Fsp3) is 0. The van der Waals surface area contributed by atoms with Gasteiger partial charge in [0, 0.05) is 23.6 Å². The number of nitrogen functional groups attached to an aromatic ring is 1. The summed E-state index contributed by atoms with van der Waals surface area (Å²) >= 11 is 0. The lowest BCUT2D eigenvalue weighted by Crippen LogP contribution is -1.90. The lowest BCUT2D eigenvalue weighted by atomic mass is 9.95. The molecule has 4 aromatic rings. The van der Waals surface area contributed by atoms with Gasteiger partial charge in [0.15, 0.2) is 0 Å². The van der Waals surface area contributed by atoms with Crippen LogP contribution in [0.3, 0.4) is 0 Å². The van der Waals surface area contributed by atoms with Gasteiger partial charge in [0.1, 0.15) is 0 Å². The number of fused-ring (bicyclic) bond motifs is 1. The van der Waals surface area contributed by atoms with E-state index in [1.54, 1.807) is 6.20 Å². The van der Waals surface area contributed by atoms with Crippen LogP contribution in [0.1, 0.15) is 0 Å². The van der Waals surface area contributed by atoms with Crippen LogP contribution in [0.15, 0.2) is 85.2 Å². The van der Waals surface area contributed by atoms with Crippen LogP contribution >= 0.6 is 0 Å². The molecule has 0 unspecified atom stereocenters. The Balaban J connectivity index is 1.94. The zero-order valence-electron chi connectivity index (χ0n) is 12.6. The summed E-state index contributed by atoms with van der Waals surface area (Å²) in [5, 5.41) is 2.47. The molecule has 3 aromatic carbocycles. The zero-order chi connectivity index (χ0) is 15.6. The first-order chi connectivity index (χ1) is 11.3. The molecule has 0 amide bonds. The lowest BCUT2D eigenvalue weighted by molar-refractivity contribution is 1.33. The average Bonchev–Trinajstić information content (AvgIpc) is 2.61. The average molecular weight is 296 g/mol. The number of nitrogens with two attached hydrogens (primary N) is 1. The number of nitrogens with zero attached hydrogens (tertiary/aromatic N) is 1. The Hall–Kier alpha value is -3.13. The second-order valence-electron chi connectivity index (χ2n) is 5.61. The highest BCUT2D eigenvalue weighted by Gasteiger charge is 2.07. The summed E-state index contributed by atoms with van der Waals surface area (Å²) in [5.41, 5.74) is 11.4. The standard InChI is InChI=1S/C21H16N2/c22-19-12-17(16-7-4-10-23-14-16)11-18(13-19)21-9-3-6-15-5-1-2-8-20(15)21/h1-14H,22H2. The zero-order valence-corrected chi connectivity index (χ0v) is 12.6. The minimum atomic E-state index is 0.759. The van der Waals surface area contributed by atoms with Crippen molar-refractivity contribution in [3.63, 3.8) is 0 Å². The maximum Gasteiger partial charge on any atom is 0.0346 e. The topological polar surface area (TPSA) is 38.9 Å². The number of pyridine rings is 1. The van der Waals surface area contributed by atoms with Crippen LogP contribution in [-0.2, 0) is 0 Å². The quantitative estimate of drug-likeness (QED) is 0.519. The minimum Gasteiger partial charge on any atom is -0.399 e. The Morgan fingerprint density at radius 2 is 1.52 bits per heavy atom. The summed E-state index contributed by atoms with van der Waals surface area (Å²) in [7, 11) is 0. The van der Waals surface area contributed by atoms with Gasteiger partial charge in [0.25, 0.3) is 0 Å². The van der Waals surface area contributed by atoms with Crippen LogP contribution in [0.5, 0.6) is 0 Å². The van der Waals surface area contributed by atoms with Crippen molar-refractivity contribution in [3.8, 4) is 22.3 Å². The molecular formula is C21H16N2. The Bertz CT molecular complexity index is 970. The first-order valence-corrected chi connectivity index (χ1v) is 7.60. The predicted molar refractivity (Wildman–Crippen MR) is 97.0 cm³/mol. The molecule has 1 aromatic heterocycles. The maximum absolute atomic E-state index is 6.16. The van der Waals surface area contributed by atoms with Gasteiger partial charge in [-0.2, -0.15) is 0 Å². The van der Waals surface area contributed by atoms with Crippen molar-refractivity contribution in [1.29, 1.82) is 0 Å². The van der Waals surface area contributed by atoms with Gasteiger partial charge >= 0.3 is 0 Å². The predicted octanol–water partition coefficient (Wildman–Crippen LogP) is 5.15. The number of aromatic nitrogens is 1. The summed E-state index contributed by atoms with van der Waals surface area (Å²) < 4.78 is 0. The Labute approximate surface area is 135 Å². The molecule has 0 spiro atoms. The van der Waals surface area contributed by atoms with Crippen molar-refractivity contribution in [2.75, 3.05) is 5.73 Å². The van der Waals surface area contributed by atoms with Crippen molar-refractivity contribution < 1.29 is 0 Å². The van der Waals surface area contributed by atoms with Crippen LogP contribution in [0.2, 0.25) is 0 Å². The van der Waals surface area contributed by atoms with Crippen molar-refractivity contribution in [2.24, 2.45) is 0 Å². The summed E-state index contributed by atoms with van der Waals surface area (Å²) in [4.78, 5) is 4.20. The SMILES string of the molecule is Nc1cc(-c2cccnc2)cc(-c2cccc3ccccc23)c1. The van der Waals surface area contributed by atoms with Gasteiger partial charge in [-0.25, -0.2) is 0 Å². The summed E-state index contributed by atoms with van der Waals surface area (Å²) in [5.74, 6) is 0. The summed E-state index contributed by atoms with van der Waals surface area (Å²) in [6, 6.07) is 25.0. The summed E-state index contributed by atoms with van der Waals surface area (Å²) in [6.07, 6.45) is 3.64. The number of hydrogen-bond acceptors (Lipinski definition) is 2. The number of hydrogen-bond donors (Lipinski definition) is 1. The third kappa shape index (κ3) is 2.55. The molecule has 0 aliphatic rings. The molecule has 2 N–H and O–H groups in total. The number of benzene rings is 3. The molecule has 0 saturated heterocycles. The van der Waals surface area contributed by atoms with E-state index in [0.717, 1.165) is 22.4 Å². The highest BCUT2D eigenvalue weighted by atomic mass is 14.6. The molecule has 0 aliphatic carbocycles. The normalized spacial score (nSPS) is 10.8. The van der Waals surface area contributed by atoms with Crippen molar-refractivity contribution >= 4 is 16.5 Å². The first kappa shape index (κ1) is 13.5. The van der Waals surface area contributed by atoms with Crippen LogP contribution in [0, 0.1) is 0 Å². The van der Waals surface area contributed by atoms with E-state index < -0.39 is 0 Å². The van der Waals surface area contributed by atoms with Gasteiger partial charge in [-0.15, -0.1) is 0 Å². The molecule has 0 aliphatic heterocycles. The highest BCUT2D eigenvalue weighted by Crippen LogP contribution is 2.33. The van der Waals surface area contributed by atoms with Crippen LogP contribution < -0.4 is 5.73 Å². The van der Waals surface area contributed by atoms with E-state index >= 15 is 0 Å². The molecule has 0 bridgehead atoms. The van der Waals surface area contributed by atoms with E-state index in [1.165, 1.54) is 16.3 Å². The summed E-state index contributed by atoms with van der Waals surface area (Å²) in [6.45, 7) is 0. The van der Waals surface area contributed by atoms with E-state index in [2.05, 4.69) is 59.6 Å². The Kier molecular flexibility index (Phi) is 3.28. The van der Waals surface area contributed by atoms with Gasteiger partial charge < -0.3 is 5.73 Å². The molecule has 2 heteroatoms. The van der Waals surface area contributed by atoms with Crippen LogP contribution in [-0.4, -0.2) is 4.98 Å². The largest absolute Gasteiger partial charge is 0.399 e. The molecule has 110 valence electrons. The van der Waals surface area contributed by atoms with Gasteiger partial charge in [-0.05, 0) is 51.7 Å². The van der Waals surface area contributed by atoms with E-state index in [9.17, 15) is 0 Å². The van der Waals surface area contributed by atoms with Crippen LogP contribution in [0.25, 0.3) is 33.0 Å². The second-order valence-corrected chi connectivity index (χ2v) is 5.61. The van der Waals surface area contributed by atoms with Crippen molar-refractivity contribution in [2.45, 2.75) is 0 Å². The first-order valence-electron chi connectivity index (χ1n) is 7.60. The smallest absolute Gasteiger partial charge is 0.0346 e. The third-order valence-electron chi connectivity index (χ3n) is 4.05. The molecule has 0 atom stereocenters. The van der Waals surface area contributed by atoms with E-state index in [4.69, 9.17) is 5.73 Å². The van der Waals surface area contributed by atoms with Gasteiger partial charge in [-0.3, -0.25) is 4.98 Å². The fourth-order valence-electron chi connectivity index (χ4n) is 2.98. The monoisotopic (exact) mass is 296 g/mol. The van der Waals surface area contributed by atoms with Crippen molar-refractivity contribution in [3.05, 3.63) is 85.2 Å². The van der Waals surface area contributed by atoms with Gasteiger partial charge in [0.05, 0.1) is 0 Å². The second kappa shape index (κ2) is 5.58. The molecule has 2 nitrogen and oxygen atoms in total. The maximum atomic E-state index is 6.16. The molecule has 1 heterocycles. The fourth-order valence-corrected chi connectivity index (χ4v) is 2.98. The number of anilines is 1. The van der Waals surface area contributed by atoms with Crippen molar-refractivity contribution in [1.82, 2.24) is 4.98 Å². The highest BCUT2D eigenvalue weighted by molar-refractivity contribution is 5.97. The molecule has 0 radical (unpaired) electrons. The molecular weight excluding hydrogens is 280 g/mol. The third-order valence-corrected chi connectivity index (χ3v) is 4.05. The molecule has 0 saturated carbocycles. The van der Waals surface area contributed by atoms with Gasteiger partial charge in [0.2, 0.25) is 0 Å². The van der Waals surface area contributed by atoms with E-state index in [-0.39, 0.29) is 0 Å². The van der Waals surface area contributed by atoms with Crippen LogP contribution in [0.4, 0.5) is 5.69 Å². The molecule has 4 rings (SSSR count). The molecule has 23 heavy (non-hydrogen) atoms. The number of rotatable bonds is 2. The van der Waals surface area contributed by atoms with Gasteiger partial charge in [-0.1, -0.05) is 48.5 Å². The van der Waals surface area contributed by atoms with E-state index in [0.29, 0.717) is 0 Å². The minimum absolute atomic E-state index is 0.759. The molecule has 0 fully saturated rings.